The van der Waals surface area contributed by atoms with Crippen LogP contribution in [0.15, 0.2) is 83.8 Å². The molecule has 0 N–H and O–H groups in total. The molecule has 0 spiro atoms. The van der Waals surface area contributed by atoms with Gasteiger partial charge in [-0.25, -0.2) is 12.7 Å². The van der Waals surface area contributed by atoms with Crippen molar-refractivity contribution in [3.8, 4) is 12.3 Å². The fraction of sp³-hybridized carbons (Fsp3) is 0.125. The second-order valence-electron chi connectivity index (χ2n) is 7.01. The second-order valence-corrected chi connectivity index (χ2v) is 8.80. The monoisotopic (exact) mass is 401 g/mol. The number of para-hydroxylation sites is 1. The number of carbonyl (C=O) groups excluding carboxylic acids is 1. The van der Waals surface area contributed by atoms with Gasteiger partial charge in [0.1, 0.15) is 0 Å². The van der Waals surface area contributed by atoms with Crippen molar-refractivity contribution in [2.75, 3.05) is 4.31 Å². The Morgan fingerprint density at radius 1 is 0.897 bits per heavy atom. The van der Waals surface area contributed by atoms with Crippen LogP contribution in [0, 0.1) is 19.3 Å². The van der Waals surface area contributed by atoms with Gasteiger partial charge in [-0.05, 0) is 36.2 Å². The van der Waals surface area contributed by atoms with Crippen LogP contribution in [0.25, 0.3) is 0 Å². The molecule has 1 amide bonds. The summed E-state index contributed by atoms with van der Waals surface area (Å²) in [6.45, 7) is 1.88. The average Bonchev–Trinajstić information content (AvgIpc) is 2.73. The number of benzene rings is 3. The fourth-order valence-electron chi connectivity index (χ4n) is 3.75. The molecule has 3 aromatic carbocycles. The lowest BCUT2D eigenvalue weighted by Gasteiger charge is -2.37. The van der Waals surface area contributed by atoms with Gasteiger partial charge in [0.05, 0.1) is 22.4 Å². The molecular weight excluding hydrogens is 382 g/mol. The van der Waals surface area contributed by atoms with Gasteiger partial charge < -0.3 is 0 Å². The van der Waals surface area contributed by atoms with Crippen molar-refractivity contribution >= 4 is 21.6 Å². The van der Waals surface area contributed by atoms with Crippen molar-refractivity contribution in [3.05, 3.63) is 95.6 Å². The third-order valence-corrected chi connectivity index (χ3v) is 6.91. The number of aryl methyl sites for hydroxylation is 1. The van der Waals surface area contributed by atoms with E-state index in [0.717, 1.165) is 9.87 Å². The summed E-state index contributed by atoms with van der Waals surface area (Å²) in [5.74, 6) is 0.841. The van der Waals surface area contributed by atoms with Crippen molar-refractivity contribution in [2.45, 2.75) is 23.7 Å². The SMILES string of the molecule is C#C[C@@H]1c2ccccc2N(S(=O)(=O)c2ccc(C)cc2)C(=O)[C@H]1c1ccccc1. The van der Waals surface area contributed by atoms with Crippen LogP contribution in [0.1, 0.15) is 28.5 Å². The van der Waals surface area contributed by atoms with E-state index in [9.17, 15) is 13.2 Å². The number of sulfonamides is 1. The third-order valence-electron chi connectivity index (χ3n) is 5.19. The van der Waals surface area contributed by atoms with Crippen LogP contribution < -0.4 is 4.31 Å². The van der Waals surface area contributed by atoms with E-state index in [1.54, 1.807) is 48.5 Å². The molecule has 1 heterocycles. The number of hydrogen-bond acceptors (Lipinski definition) is 3. The normalized spacial score (nSPS) is 18.8. The highest BCUT2D eigenvalue weighted by Crippen LogP contribution is 2.45. The van der Waals surface area contributed by atoms with Crippen molar-refractivity contribution in [3.63, 3.8) is 0 Å². The van der Waals surface area contributed by atoms with Gasteiger partial charge in [-0.15, -0.1) is 6.42 Å². The van der Waals surface area contributed by atoms with Crippen LogP contribution >= 0.6 is 0 Å². The summed E-state index contributed by atoms with van der Waals surface area (Å²) in [6.07, 6.45) is 5.82. The Balaban J connectivity index is 1.95. The van der Waals surface area contributed by atoms with E-state index < -0.39 is 27.8 Å². The molecule has 0 aliphatic carbocycles. The molecular formula is C24H19NO3S. The minimum Gasteiger partial charge on any atom is -0.273 e. The van der Waals surface area contributed by atoms with Crippen LogP contribution in [0.2, 0.25) is 0 Å². The van der Waals surface area contributed by atoms with Crippen molar-refractivity contribution < 1.29 is 13.2 Å². The summed E-state index contributed by atoms with van der Waals surface area (Å²) < 4.78 is 27.9. The first-order valence-electron chi connectivity index (χ1n) is 9.21. The Labute approximate surface area is 170 Å². The van der Waals surface area contributed by atoms with E-state index in [1.807, 2.05) is 25.1 Å². The highest BCUT2D eigenvalue weighted by Gasteiger charge is 2.45. The highest BCUT2D eigenvalue weighted by atomic mass is 32.2. The molecule has 0 bridgehead atoms. The molecule has 4 nitrogen and oxygen atoms in total. The molecule has 0 unspecified atom stereocenters. The molecule has 2 atom stereocenters. The van der Waals surface area contributed by atoms with Gasteiger partial charge in [0.25, 0.3) is 10.0 Å². The first kappa shape index (κ1) is 19.0. The first-order chi connectivity index (χ1) is 13.9. The Kier molecular flexibility index (Phi) is 4.73. The van der Waals surface area contributed by atoms with Crippen LogP contribution in [-0.4, -0.2) is 14.3 Å². The molecule has 0 saturated heterocycles. The minimum absolute atomic E-state index is 0.0669. The second kappa shape index (κ2) is 7.23. The van der Waals surface area contributed by atoms with Crippen molar-refractivity contribution in [1.82, 2.24) is 0 Å². The zero-order chi connectivity index (χ0) is 20.6. The zero-order valence-electron chi connectivity index (χ0n) is 15.8. The van der Waals surface area contributed by atoms with Crippen molar-refractivity contribution in [1.29, 1.82) is 0 Å². The minimum atomic E-state index is -4.10. The van der Waals surface area contributed by atoms with Gasteiger partial charge >= 0.3 is 0 Å². The number of amides is 1. The van der Waals surface area contributed by atoms with Gasteiger partial charge in [0.2, 0.25) is 5.91 Å². The predicted octanol–water partition coefficient (Wildman–Crippen LogP) is 4.23. The maximum atomic E-state index is 13.6. The van der Waals surface area contributed by atoms with Gasteiger partial charge in [0, 0.05) is 0 Å². The Morgan fingerprint density at radius 3 is 2.17 bits per heavy atom. The predicted molar refractivity (Wildman–Crippen MR) is 113 cm³/mol. The van der Waals surface area contributed by atoms with Gasteiger partial charge in [-0.2, -0.15) is 0 Å². The van der Waals surface area contributed by atoms with E-state index in [0.29, 0.717) is 16.8 Å². The quantitative estimate of drug-likeness (QED) is 0.617. The van der Waals surface area contributed by atoms with Gasteiger partial charge in [-0.3, -0.25) is 4.79 Å². The van der Waals surface area contributed by atoms with Crippen molar-refractivity contribution in [2.24, 2.45) is 0 Å². The van der Waals surface area contributed by atoms with Crippen LogP contribution in [-0.2, 0) is 14.8 Å². The summed E-state index contributed by atoms with van der Waals surface area (Å²) >= 11 is 0. The lowest BCUT2D eigenvalue weighted by atomic mass is 9.78. The lowest BCUT2D eigenvalue weighted by Crippen LogP contribution is -2.45. The smallest absolute Gasteiger partial charge is 0.270 e. The van der Waals surface area contributed by atoms with E-state index >= 15 is 0 Å². The average molecular weight is 401 g/mol. The number of terminal acetylenes is 1. The fourth-order valence-corrected chi connectivity index (χ4v) is 5.21. The first-order valence-corrected chi connectivity index (χ1v) is 10.6. The number of nitrogens with zero attached hydrogens (tertiary/aromatic N) is 1. The Hall–Kier alpha value is -3.36. The Bertz CT molecular complexity index is 1210. The number of fused-ring (bicyclic) bond motifs is 1. The Morgan fingerprint density at radius 2 is 1.52 bits per heavy atom. The van der Waals surface area contributed by atoms with E-state index in [1.165, 1.54) is 12.1 Å². The molecule has 0 radical (unpaired) electrons. The molecule has 0 fully saturated rings. The maximum Gasteiger partial charge on any atom is 0.270 e. The topological polar surface area (TPSA) is 54.5 Å². The number of rotatable bonds is 3. The molecule has 5 heteroatoms. The summed E-state index contributed by atoms with van der Waals surface area (Å²) in [7, 11) is -4.10. The maximum absolute atomic E-state index is 13.6. The molecule has 1 aliphatic heterocycles. The van der Waals surface area contributed by atoms with E-state index in [4.69, 9.17) is 6.42 Å². The molecule has 3 aromatic rings. The standard InChI is InChI=1S/C24H19NO3S/c1-3-20-21-11-7-8-12-22(21)25(24(26)23(20)18-9-5-4-6-10-18)29(27,28)19-15-13-17(2)14-16-19/h1,4-16,20,23H,2H3/t20-,23+/m1/s1. The number of hydrogen-bond donors (Lipinski definition) is 0. The summed E-state index contributed by atoms with van der Waals surface area (Å²) in [6, 6.07) is 22.5. The molecule has 4 rings (SSSR count). The third kappa shape index (κ3) is 3.12. The molecule has 1 aliphatic rings. The van der Waals surface area contributed by atoms with E-state index in [2.05, 4.69) is 5.92 Å². The summed E-state index contributed by atoms with van der Waals surface area (Å²) in [4.78, 5) is 13.7. The lowest BCUT2D eigenvalue weighted by molar-refractivity contribution is -0.119. The number of anilines is 1. The van der Waals surface area contributed by atoms with E-state index in [-0.39, 0.29) is 4.90 Å². The largest absolute Gasteiger partial charge is 0.273 e. The summed E-state index contributed by atoms with van der Waals surface area (Å²) in [5, 5.41) is 0. The molecule has 144 valence electrons. The van der Waals surface area contributed by atoms with Crippen LogP contribution in [0.3, 0.4) is 0 Å². The molecule has 0 saturated carbocycles. The zero-order valence-corrected chi connectivity index (χ0v) is 16.6. The van der Waals surface area contributed by atoms with Crippen LogP contribution in [0.4, 0.5) is 5.69 Å². The molecule has 29 heavy (non-hydrogen) atoms. The van der Waals surface area contributed by atoms with Gasteiger partial charge in [-0.1, -0.05) is 72.1 Å². The van der Waals surface area contributed by atoms with Gasteiger partial charge in [0.15, 0.2) is 0 Å². The summed E-state index contributed by atoms with van der Waals surface area (Å²) in [5.41, 5.74) is 2.59. The molecule has 0 aromatic heterocycles. The number of carbonyl (C=O) groups is 1. The highest BCUT2D eigenvalue weighted by molar-refractivity contribution is 7.93. The van der Waals surface area contributed by atoms with Crippen LogP contribution in [0.5, 0.6) is 0 Å².